The van der Waals surface area contributed by atoms with Crippen molar-refractivity contribution < 1.29 is 14.4 Å². The fraction of sp³-hybridized carbons (Fsp3) is 0.591. The zero-order chi connectivity index (χ0) is 21.5. The highest BCUT2D eigenvalue weighted by Gasteiger charge is 2.49. The summed E-state index contributed by atoms with van der Waals surface area (Å²) in [7, 11) is 0. The molecule has 30 heavy (non-hydrogen) atoms. The summed E-state index contributed by atoms with van der Waals surface area (Å²) in [6.45, 7) is 4.82. The van der Waals surface area contributed by atoms with Gasteiger partial charge in [0.1, 0.15) is 5.54 Å². The summed E-state index contributed by atoms with van der Waals surface area (Å²) in [5, 5.41) is 0.530. The summed E-state index contributed by atoms with van der Waals surface area (Å²) in [6, 6.07) is 4.74. The normalized spacial score (nSPS) is 25.7. The maximum Gasteiger partial charge on any atom is 0.251 e. The molecule has 4 rings (SSSR count). The maximum atomic E-state index is 13.1. The molecule has 0 saturated carbocycles. The predicted octanol–water partition coefficient (Wildman–Crippen LogP) is 2.09. The van der Waals surface area contributed by atoms with E-state index >= 15 is 0 Å². The highest BCUT2D eigenvalue weighted by Crippen LogP contribution is 2.35. The summed E-state index contributed by atoms with van der Waals surface area (Å²) in [6.07, 6.45) is 4.70. The van der Waals surface area contributed by atoms with Crippen molar-refractivity contribution in [3.8, 4) is 0 Å². The van der Waals surface area contributed by atoms with E-state index in [-0.39, 0.29) is 24.1 Å². The van der Waals surface area contributed by atoms with Gasteiger partial charge in [0.2, 0.25) is 11.8 Å². The molecule has 2 N–H and O–H groups in total. The van der Waals surface area contributed by atoms with Gasteiger partial charge in [-0.3, -0.25) is 24.2 Å². The van der Waals surface area contributed by atoms with Crippen molar-refractivity contribution in [1.82, 2.24) is 9.80 Å². The van der Waals surface area contributed by atoms with Crippen molar-refractivity contribution >= 4 is 35.0 Å². The Kier molecular flexibility index (Phi) is 5.88. The van der Waals surface area contributed by atoms with Crippen LogP contribution in [0.3, 0.4) is 0 Å². The van der Waals surface area contributed by atoms with Gasteiger partial charge >= 0.3 is 0 Å². The maximum absolute atomic E-state index is 13.1. The molecule has 1 atom stereocenters. The lowest BCUT2D eigenvalue weighted by Gasteiger charge is -2.48. The van der Waals surface area contributed by atoms with Crippen LogP contribution in [0.2, 0.25) is 5.02 Å². The number of likely N-dealkylation sites (tertiary alicyclic amines) is 2. The van der Waals surface area contributed by atoms with Gasteiger partial charge in [-0.15, -0.1) is 0 Å². The Labute approximate surface area is 182 Å². The van der Waals surface area contributed by atoms with E-state index in [4.69, 9.17) is 17.3 Å². The fourth-order valence-electron chi connectivity index (χ4n) is 5.14. The molecule has 1 aromatic rings. The smallest absolute Gasteiger partial charge is 0.251 e. The lowest BCUT2D eigenvalue weighted by Crippen LogP contribution is -2.64. The first-order chi connectivity index (χ1) is 14.3. The first kappa shape index (κ1) is 21.3. The van der Waals surface area contributed by atoms with Crippen LogP contribution in [-0.2, 0) is 14.4 Å². The molecule has 0 aliphatic carbocycles. The number of piperidine rings is 2. The number of rotatable bonds is 4. The minimum Gasteiger partial charge on any atom is -0.368 e. The SMILES string of the molecule is Cc1ccc(N2C(=O)C[C@@H](N3CCC(C(N)=O)(N4CCCCC4)CC3)C2=O)cc1Cl. The molecule has 3 heterocycles. The number of halogens is 1. The number of primary amides is 1. The lowest BCUT2D eigenvalue weighted by atomic mass is 9.83. The number of benzene rings is 1. The average molecular weight is 433 g/mol. The van der Waals surface area contributed by atoms with Gasteiger partial charge in [-0.2, -0.15) is 0 Å². The Balaban J connectivity index is 1.48. The Bertz CT molecular complexity index is 860. The Hall–Kier alpha value is -1.96. The molecule has 3 amide bonds. The summed E-state index contributed by atoms with van der Waals surface area (Å²) in [5.41, 5.74) is 6.64. The van der Waals surface area contributed by atoms with E-state index in [1.807, 2.05) is 17.9 Å². The summed E-state index contributed by atoms with van der Waals surface area (Å²) >= 11 is 6.20. The first-order valence-corrected chi connectivity index (χ1v) is 11.1. The number of anilines is 1. The lowest BCUT2D eigenvalue weighted by molar-refractivity contribution is -0.136. The van der Waals surface area contributed by atoms with Gasteiger partial charge in [-0.1, -0.05) is 24.1 Å². The van der Waals surface area contributed by atoms with Crippen molar-refractivity contribution in [3.05, 3.63) is 28.8 Å². The standard InChI is InChI=1S/C22H29ClN4O3/c1-15-5-6-16(13-17(15)23)27-19(28)14-18(20(27)29)25-11-7-22(8-12-25,21(24)30)26-9-3-2-4-10-26/h5-6,13,18H,2-4,7-12,14H2,1H3,(H2,24,30)/t18-/m1/s1. The number of nitrogens with zero attached hydrogens (tertiary/aromatic N) is 3. The second-order valence-corrected chi connectivity index (χ2v) is 9.11. The van der Waals surface area contributed by atoms with E-state index in [0.717, 1.165) is 31.5 Å². The molecule has 0 spiro atoms. The Morgan fingerprint density at radius 2 is 1.77 bits per heavy atom. The van der Waals surface area contributed by atoms with E-state index in [1.54, 1.807) is 12.1 Å². The van der Waals surface area contributed by atoms with Crippen molar-refractivity contribution in [2.45, 2.75) is 57.0 Å². The van der Waals surface area contributed by atoms with E-state index < -0.39 is 11.6 Å². The molecule has 0 unspecified atom stereocenters. The largest absolute Gasteiger partial charge is 0.368 e. The van der Waals surface area contributed by atoms with Crippen LogP contribution in [-0.4, -0.2) is 65.3 Å². The second kappa shape index (κ2) is 8.29. The van der Waals surface area contributed by atoms with Crippen molar-refractivity contribution in [2.24, 2.45) is 5.73 Å². The third kappa shape index (κ3) is 3.63. The molecule has 162 valence electrons. The highest BCUT2D eigenvalue weighted by molar-refractivity contribution is 6.32. The van der Waals surface area contributed by atoms with Crippen LogP contribution in [0.15, 0.2) is 18.2 Å². The number of aryl methyl sites for hydroxylation is 1. The third-order valence-corrected chi connectivity index (χ3v) is 7.43. The van der Waals surface area contributed by atoms with Gasteiger partial charge in [0.25, 0.3) is 5.91 Å². The molecular weight excluding hydrogens is 404 g/mol. The number of hydrogen-bond acceptors (Lipinski definition) is 5. The number of hydrogen-bond donors (Lipinski definition) is 1. The summed E-state index contributed by atoms with van der Waals surface area (Å²) in [4.78, 5) is 43.8. The van der Waals surface area contributed by atoms with Gasteiger partial charge in [-0.25, -0.2) is 4.90 Å². The van der Waals surface area contributed by atoms with E-state index in [0.29, 0.717) is 36.6 Å². The number of carbonyl (C=O) groups is 3. The highest BCUT2D eigenvalue weighted by atomic mass is 35.5. The second-order valence-electron chi connectivity index (χ2n) is 8.70. The molecular formula is C22H29ClN4O3. The van der Waals surface area contributed by atoms with Crippen LogP contribution in [0.1, 0.15) is 44.1 Å². The third-order valence-electron chi connectivity index (χ3n) is 7.02. The van der Waals surface area contributed by atoms with Gasteiger partial charge in [-0.05, 0) is 63.4 Å². The molecule has 3 saturated heterocycles. The van der Waals surface area contributed by atoms with Crippen LogP contribution < -0.4 is 10.6 Å². The fourth-order valence-corrected chi connectivity index (χ4v) is 5.31. The van der Waals surface area contributed by atoms with Crippen LogP contribution in [0.25, 0.3) is 0 Å². The Morgan fingerprint density at radius 3 is 2.37 bits per heavy atom. The molecule has 3 aliphatic rings. The monoisotopic (exact) mass is 432 g/mol. The van der Waals surface area contributed by atoms with Gasteiger partial charge in [0.15, 0.2) is 0 Å². The Morgan fingerprint density at radius 1 is 1.10 bits per heavy atom. The van der Waals surface area contributed by atoms with Crippen molar-refractivity contribution in [1.29, 1.82) is 0 Å². The van der Waals surface area contributed by atoms with Gasteiger partial charge in [0, 0.05) is 18.1 Å². The van der Waals surface area contributed by atoms with E-state index in [9.17, 15) is 14.4 Å². The molecule has 0 aromatic heterocycles. The summed E-state index contributed by atoms with van der Waals surface area (Å²) in [5.74, 6) is -0.703. The zero-order valence-corrected chi connectivity index (χ0v) is 18.2. The van der Waals surface area contributed by atoms with Crippen LogP contribution in [0.5, 0.6) is 0 Å². The zero-order valence-electron chi connectivity index (χ0n) is 17.4. The number of carbonyl (C=O) groups excluding carboxylic acids is 3. The molecule has 1 aromatic carbocycles. The number of nitrogens with two attached hydrogens (primary N) is 1. The van der Waals surface area contributed by atoms with Crippen molar-refractivity contribution in [2.75, 3.05) is 31.1 Å². The quantitative estimate of drug-likeness (QED) is 0.736. The van der Waals surface area contributed by atoms with Gasteiger partial charge < -0.3 is 5.73 Å². The molecule has 0 radical (unpaired) electrons. The average Bonchev–Trinajstić information content (AvgIpc) is 3.04. The number of amides is 3. The minimum atomic E-state index is -0.632. The molecule has 7 nitrogen and oxygen atoms in total. The van der Waals surface area contributed by atoms with Crippen molar-refractivity contribution in [3.63, 3.8) is 0 Å². The predicted molar refractivity (Wildman–Crippen MR) is 115 cm³/mol. The first-order valence-electron chi connectivity index (χ1n) is 10.8. The summed E-state index contributed by atoms with van der Waals surface area (Å²) < 4.78 is 0. The molecule has 0 bridgehead atoms. The van der Waals surface area contributed by atoms with Crippen LogP contribution in [0, 0.1) is 6.92 Å². The molecule has 8 heteroatoms. The topological polar surface area (TPSA) is 87.0 Å². The number of imide groups is 1. The van der Waals surface area contributed by atoms with Crippen LogP contribution in [0.4, 0.5) is 5.69 Å². The van der Waals surface area contributed by atoms with E-state index in [1.165, 1.54) is 11.3 Å². The van der Waals surface area contributed by atoms with Crippen LogP contribution >= 0.6 is 11.6 Å². The molecule has 3 fully saturated rings. The minimum absolute atomic E-state index is 0.150. The molecule has 3 aliphatic heterocycles. The van der Waals surface area contributed by atoms with Gasteiger partial charge in [0.05, 0.1) is 18.2 Å². The van der Waals surface area contributed by atoms with E-state index in [2.05, 4.69) is 4.90 Å².